The highest BCUT2D eigenvalue weighted by Gasteiger charge is 2.36. The van der Waals surface area contributed by atoms with Gasteiger partial charge in [0.1, 0.15) is 6.10 Å². The van der Waals surface area contributed by atoms with Crippen LogP contribution in [0.3, 0.4) is 0 Å². The van der Waals surface area contributed by atoms with Crippen LogP contribution in [0.5, 0.6) is 5.88 Å². The molecule has 0 saturated carbocycles. The first-order valence-electron chi connectivity index (χ1n) is 5.85. The van der Waals surface area contributed by atoms with Gasteiger partial charge in [-0.25, -0.2) is 9.78 Å². The monoisotopic (exact) mass is 328 g/mol. The molecule has 1 fully saturated rings. The van der Waals surface area contributed by atoms with Crippen LogP contribution in [0.2, 0.25) is 0 Å². The molecule has 0 spiro atoms. The number of carbonyl (C=O) groups excluding carboxylic acids is 2. The third-order valence-electron chi connectivity index (χ3n) is 2.59. The van der Waals surface area contributed by atoms with Crippen molar-refractivity contribution in [3.8, 4) is 5.88 Å². The summed E-state index contributed by atoms with van der Waals surface area (Å²) in [5.41, 5.74) is 0. The van der Waals surface area contributed by atoms with Gasteiger partial charge in [-0.15, -0.1) is 0 Å². The van der Waals surface area contributed by atoms with E-state index in [0.29, 0.717) is 19.0 Å². The molecule has 0 unspecified atom stereocenters. The number of aromatic nitrogens is 1. The molecular formula is C12H13BrN2O4. The van der Waals surface area contributed by atoms with Gasteiger partial charge in [0, 0.05) is 6.20 Å². The number of nitrogens with zero attached hydrogens (tertiary/aromatic N) is 2. The summed E-state index contributed by atoms with van der Waals surface area (Å²) >= 11 is 3.32. The number of esters is 1. The van der Waals surface area contributed by atoms with E-state index in [0.717, 1.165) is 4.47 Å². The molecule has 0 bridgehead atoms. The van der Waals surface area contributed by atoms with E-state index < -0.39 is 11.9 Å². The first kappa shape index (κ1) is 13.8. The predicted molar refractivity (Wildman–Crippen MR) is 69.6 cm³/mol. The van der Waals surface area contributed by atoms with E-state index in [1.807, 2.05) is 6.07 Å². The second-order valence-corrected chi connectivity index (χ2v) is 4.82. The van der Waals surface area contributed by atoms with Crippen molar-refractivity contribution < 1.29 is 19.1 Å². The quantitative estimate of drug-likeness (QED) is 0.611. The Balaban J connectivity index is 1.82. The lowest BCUT2D eigenvalue weighted by atomic mass is 10.1. The summed E-state index contributed by atoms with van der Waals surface area (Å²) in [6.45, 7) is 2.58. The molecule has 0 radical (unpaired) electrons. The molecule has 1 aliphatic heterocycles. The number of hydrogen-bond donors (Lipinski definition) is 0. The summed E-state index contributed by atoms with van der Waals surface area (Å²) < 4.78 is 11.0. The van der Waals surface area contributed by atoms with Gasteiger partial charge in [-0.3, -0.25) is 4.79 Å². The van der Waals surface area contributed by atoms with Crippen LogP contribution in [0.1, 0.15) is 6.92 Å². The van der Waals surface area contributed by atoms with Crippen molar-refractivity contribution in [1.82, 2.24) is 9.88 Å². The number of likely N-dealkylation sites (tertiary alicyclic amines) is 1. The molecule has 0 atom stereocenters. The Morgan fingerprint density at radius 1 is 1.53 bits per heavy atom. The van der Waals surface area contributed by atoms with Crippen molar-refractivity contribution in [2.75, 3.05) is 19.7 Å². The zero-order valence-corrected chi connectivity index (χ0v) is 11.9. The van der Waals surface area contributed by atoms with Crippen molar-refractivity contribution in [1.29, 1.82) is 0 Å². The average molecular weight is 329 g/mol. The van der Waals surface area contributed by atoms with Gasteiger partial charge >= 0.3 is 11.9 Å². The van der Waals surface area contributed by atoms with E-state index in [1.165, 1.54) is 4.90 Å². The Hall–Kier alpha value is -1.63. The summed E-state index contributed by atoms with van der Waals surface area (Å²) in [4.78, 5) is 28.2. The molecule has 102 valence electrons. The maximum Gasteiger partial charge on any atom is 0.397 e. The third kappa shape index (κ3) is 3.23. The van der Waals surface area contributed by atoms with Crippen molar-refractivity contribution in [3.63, 3.8) is 0 Å². The summed E-state index contributed by atoms with van der Waals surface area (Å²) in [6.07, 6.45) is 1.48. The van der Waals surface area contributed by atoms with Crippen LogP contribution in [-0.2, 0) is 14.3 Å². The Morgan fingerprint density at radius 2 is 2.26 bits per heavy atom. The van der Waals surface area contributed by atoms with Crippen LogP contribution in [0.25, 0.3) is 0 Å². The Labute approximate surface area is 118 Å². The van der Waals surface area contributed by atoms with Gasteiger partial charge in [-0.1, -0.05) is 0 Å². The molecule has 19 heavy (non-hydrogen) atoms. The molecule has 0 aromatic carbocycles. The number of halogens is 1. The molecule has 1 aliphatic rings. The number of hydrogen-bond acceptors (Lipinski definition) is 5. The van der Waals surface area contributed by atoms with Crippen LogP contribution in [-0.4, -0.2) is 47.6 Å². The third-order valence-corrected chi connectivity index (χ3v) is 3.19. The fourth-order valence-corrected chi connectivity index (χ4v) is 1.96. The van der Waals surface area contributed by atoms with Crippen LogP contribution < -0.4 is 4.74 Å². The lowest BCUT2D eigenvalue weighted by molar-refractivity contribution is -0.164. The average Bonchev–Trinajstić information content (AvgIpc) is 2.35. The zero-order valence-electron chi connectivity index (χ0n) is 10.3. The van der Waals surface area contributed by atoms with Crippen molar-refractivity contribution >= 4 is 27.8 Å². The van der Waals surface area contributed by atoms with Gasteiger partial charge in [0.15, 0.2) is 0 Å². The number of amides is 1. The lowest BCUT2D eigenvalue weighted by Gasteiger charge is -2.37. The van der Waals surface area contributed by atoms with Gasteiger partial charge in [0.2, 0.25) is 5.88 Å². The first-order chi connectivity index (χ1) is 9.11. The molecule has 2 rings (SSSR count). The largest absolute Gasteiger partial charge is 0.470 e. The van der Waals surface area contributed by atoms with Crippen LogP contribution in [0.15, 0.2) is 22.8 Å². The Kier molecular flexibility index (Phi) is 4.36. The molecule has 7 heteroatoms. The van der Waals surface area contributed by atoms with E-state index in [2.05, 4.69) is 25.7 Å². The van der Waals surface area contributed by atoms with Gasteiger partial charge in [0.25, 0.3) is 0 Å². The number of rotatable bonds is 3. The normalized spacial score (nSPS) is 14.7. The maximum absolute atomic E-state index is 11.6. The van der Waals surface area contributed by atoms with Crippen molar-refractivity contribution in [3.05, 3.63) is 22.8 Å². The molecule has 1 amide bonds. The summed E-state index contributed by atoms with van der Waals surface area (Å²) in [5.74, 6) is -0.961. The molecule has 6 nitrogen and oxygen atoms in total. The number of carbonyl (C=O) groups is 2. The van der Waals surface area contributed by atoms with Crippen LogP contribution in [0.4, 0.5) is 0 Å². The Morgan fingerprint density at radius 3 is 2.89 bits per heavy atom. The van der Waals surface area contributed by atoms with Gasteiger partial charge in [0.05, 0.1) is 24.2 Å². The van der Waals surface area contributed by atoms with E-state index in [4.69, 9.17) is 4.74 Å². The number of ether oxygens (including phenoxy) is 2. The van der Waals surface area contributed by atoms with E-state index >= 15 is 0 Å². The van der Waals surface area contributed by atoms with Gasteiger partial charge in [-0.2, -0.15) is 0 Å². The lowest BCUT2D eigenvalue weighted by Crippen LogP contribution is -2.58. The summed E-state index contributed by atoms with van der Waals surface area (Å²) in [6, 6.07) is 3.61. The van der Waals surface area contributed by atoms with Crippen molar-refractivity contribution in [2.45, 2.75) is 13.0 Å². The molecule has 1 saturated heterocycles. The van der Waals surface area contributed by atoms with E-state index in [1.54, 1.807) is 19.2 Å². The maximum atomic E-state index is 11.6. The van der Waals surface area contributed by atoms with E-state index in [-0.39, 0.29) is 12.7 Å². The fourth-order valence-electron chi connectivity index (χ4n) is 1.62. The molecular weight excluding hydrogens is 316 g/mol. The summed E-state index contributed by atoms with van der Waals surface area (Å²) in [7, 11) is 0. The van der Waals surface area contributed by atoms with Crippen LogP contribution >= 0.6 is 15.9 Å². The van der Waals surface area contributed by atoms with Gasteiger partial charge < -0.3 is 14.4 Å². The minimum Gasteiger partial charge on any atom is -0.470 e. The number of pyridine rings is 1. The highest BCUT2D eigenvalue weighted by atomic mass is 79.9. The SMILES string of the molecule is CCOC(=O)C(=O)N1CC(Oc2ncccc2Br)C1. The minimum absolute atomic E-state index is 0.149. The van der Waals surface area contributed by atoms with Crippen LogP contribution in [0, 0.1) is 0 Å². The second kappa shape index (κ2) is 6.01. The second-order valence-electron chi connectivity index (χ2n) is 3.96. The topological polar surface area (TPSA) is 68.7 Å². The predicted octanol–water partition coefficient (Wildman–Crippen LogP) is 0.997. The summed E-state index contributed by atoms with van der Waals surface area (Å²) in [5, 5.41) is 0. The molecule has 0 N–H and O–H groups in total. The Bertz CT molecular complexity index is 488. The zero-order chi connectivity index (χ0) is 13.8. The highest BCUT2D eigenvalue weighted by Crippen LogP contribution is 2.24. The molecule has 2 heterocycles. The standard InChI is InChI=1S/C12H13BrN2O4/c1-2-18-12(17)11(16)15-6-8(7-15)19-10-9(13)4-3-5-14-10/h3-5,8H,2,6-7H2,1H3. The van der Waals surface area contributed by atoms with Crippen molar-refractivity contribution in [2.24, 2.45) is 0 Å². The fraction of sp³-hybridized carbons (Fsp3) is 0.417. The van der Waals surface area contributed by atoms with Gasteiger partial charge in [-0.05, 0) is 35.0 Å². The molecule has 0 aliphatic carbocycles. The first-order valence-corrected chi connectivity index (χ1v) is 6.64. The molecule has 1 aromatic heterocycles. The van der Waals surface area contributed by atoms with E-state index in [9.17, 15) is 9.59 Å². The highest BCUT2D eigenvalue weighted by molar-refractivity contribution is 9.10. The minimum atomic E-state index is -0.819. The smallest absolute Gasteiger partial charge is 0.397 e. The molecule has 1 aromatic rings.